The Labute approximate surface area is 176 Å². The highest BCUT2D eigenvalue weighted by atomic mass is 19.4. The van der Waals surface area contributed by atoms with Crippen LogP contribution in [-0.4, -0.2) is 22.1 Å². The van der Waals surface area contributed by atoms with E-state index in [2.05, 4.69) is 4.90 Å². The van der Waals surface area contributed by atoms with Gasteiger partial charge < -0.3 is 5.11 Å². The van der Waals surface area contributed by atoms with Crippen LogP contribution in [0, 0.1) is 0 Å². The van der Waals surface area contributed by atoms with Gasteiger partial charge in [0.05, 0.1) is 16.7 Å². The first-order chi connectivity index (χ1) is 14.5. The van der Waals surface area contributed by atoms with Gasteiger partial charge in [-0.25, -0.2) is 0 Å². The molecule has 1 N–H and O–H groups in total. The van der Waals surface area contributed by atoms with Crippen molar-refractivity contribution in [2.24, 2.45) is 0 Å². The minimum Gasteiger partial charge on any atom is -0.385 e. The summed E-state index contributed by atoms with van der Waals surface area (Å²) in [5, 5.41) is 11.4. The summed E-state index contributed by atoms with van der Waals surface area (Å²) in [7, 11) is 0. The van der Waals surface area contributed by atoms with E-state index < -0.39 is 34.6 Å². The Hall–Kier alpha value is -2.06. The molecule has 2 aliphatic rings. The highest BCUT2D eigenvalue weighted by Gasteiger charge is 2.52. The van der Waals surface area contributed by atoms with Crippen molar-refractivity contribution in [2.45, 2.75) is 68.7 Å². The third-order valence-corrected chi connectivity index (χ3v) is 6.51. The van der Waals surface area contributed by atoms with Gasteiger partial charge in [0.1, 0.15) is 0 Å². The summed E-state index contributed by atoms with van der Waals surface area (Å²) in [5.41, 5.74) is -5.00. The second-order valence-corrected chi connectivity index (χ2v) is 8.56. The van der Waals surface area contributed by atoms with Gasteiger partial charge in [-0.3, -0.25) is 4.90 Å². The lowest BCUT2D eigenvalue weighted by molar-refractivity contribution is -0.156. The Kier molecular flexibility index (Phi) is 5.58. The van der Waals surface area contributed by atoms with Gasteiger partial charge in [-0.1, -0.05) is 42.8 Å². The minimum atomic E-state index is -5.00. The molecule has 0 saturated carbocycles. The highest BCUT2D eigenvalue weighted by Crippen LogP contribution is 2.51. The van der Waals surface area contributed by atoms with Crippen molar-refractivity contribution in [1.29, 1.82) is 0 Å². The number of hydrogen-bond acceptors (Lipinski definition) is 2. The van der Waals surface area contributed by atoms with E-state index in [1.807, 2.05) is 30.3 Å². The van der Waals surface area contributed by atoms with Gasteiger partial charge in [0.2, 0.25) is 0 Å². The van der Waals surface area contributed by atoms with Crippen LogP contribution in [0.4, 0.5) is 26.3 Å². The van der Waals surface area contributed by atoms with Crippen LogP contribution in [0.25, 0.3) is 0 Å². The average Bonchev–Trinajstić information content (AvgIpc) is 2.68. The van der Waals surface area contributed by atoms with Crippen LogP contribution in [0.5, 0.6) is 0 Å². The second-order valence-electron chi connectivity index (χ2n) is 8.56. The number of halogens is 6. The lowest BCUT2D eigenvalue weighted by atomic mass is 9.70. The summed E-state index contributed by atoms with van der Waals surface area (Å²) in [6, 6.07) is 11.0. The second kappa shape index (κ2) is 7.81. The molecule has 31 heavy (non-hydrogen) atoms. The van der Waals surface area contributed by atoms with Crippen molar-refractivity contribution < 1.29 is 31.4 Å². The highest BCUT2D eigenvalue weighted by molar-refractivity contribution is 5.44. The van der Waals surface area contributed by atoms with Gasteiger partial charge in [-0.2, -0.15) is 26.3 Å². The topological polar surface area (TPSA) is 23.5 Å². The summed E-state index contributed by atoms with van der Waals surface area (Å²) in [6.07, 6.45) is -8.23. The summed E-state index contributed by atoms with van der Waals surface area (Å²) in [4.78, 5) is 2.14. The van der Waals surface area contributed by atoms with E-state index in [0.29, 0.717) is 31.5 Å². The van der Waals surface area contributed by atoms with Crippen LogP contribution >= 0.6 is 0 Å². The zero-order valence-corrected chi connectivity index (χ0v) is 16.7. The fraction of sp³-hybridized carbons (Fsp3) is 0.478. The molecule has 2 bridgehead atoms. The third kappa shape index (κ3) is 4.32. The van der Waals surface area contributed by atoms with E-state index in [1.54, 1.807) is 0 Å². The first-order valence-electron chi connectivity index (χ1n) is 10.3. The van der Waals surface area contributed by atoms with Gasteiger partial charge in [0.15, 0.2) is 0 Å². The van der Waals surface area contributed by atoms with Crippen molar-refractivity contribution in [3.8, 4) is 0 Å². The third-order valence-electron chi connectivity index (χ3n) is 6.51. The number of fused-ring (bicyclic) bond motifs is 2. The SMILES string of the molecule is OC1(c2c(C(F)(F)F)cccc2C(F)(F)F)CC2CCCC(C1)N2Cc1ccccc1. The van der Waals surface area contributed by atoms with Crippen LogP contribution in [0.15, 0.2) is 48.5 Å². The van der Waals surface area contributed by atoms with Gasteiger partial charge in [-0.05, 0) is 43.4 Å². The lowest BCUT2D eigenvalue weighted by Gasteiger charge is -2.53. The van der Waals surface area contributed by atoms with Crippen LogP contribution < -0.4 is 0 Å². The molecule has 2 saturated heterocycles. The Morgan fingerprint density at radius 3 is 1.81 bits per heavy atom. The molecule has 2 nitrogen and oxygen atoms in total. The number of benzene rings is 2. The van der Waals surface area contributed by atoms with E-state index in [0.717, 1.165) is 18.1 Å². The molecule has 0 aromatic heterocycles. The standard InChI is InChI=1S/C23H23F6NO/c24-22(25,26)18-10-5-11-19(23(27,28)29)20(18)21(31)12-16-8-4-9-17(13-21)30(16)14-15-6-2-1-3-7-15/h1-3,5-7,10-11,16-17,31H,4,8-9,12-14H2. The normalized spacial score (nSPS) is 27.3. The zero-order valence-electron chi connectivity index (χ0n) is 16.7. The van der Waals surface area contributed by atoms with Crippen LogP contribution in [0.1, 0.15) is 54.4 Å². The molecule has 2 heterocycles. The maximum Gasteiger partial charge on any atom is 0.416 e. The van der Waals surface area contributed by atoms with Crippen LogP contribution in [0.3, 0.4) is 0 Å². The van der Waals surface area contributed by atoms with Crippen molar-refractivity contribution in [1.82, 2.24) is 4.90 Å². The van der Waals surface area contributed by atoms with E-state index in [-0.39, 0.29) is 24.9 Å². The lowest BCUT2D eigenvalue weighted by Crippen LogP contribution is -2.57. The Morgan fingerprint density at radius 2 is 1.32 bits per heavy atom. The predicted molar refractivity (Wildman–Crippen MR) is 103 cm³/mol. The van der Waals surface area contributed by atoms with E-state index in [1.165, 1.54) is 0 Å². The van der Waals surface area contributed by atoms with E-state index in [4.69, 9.17) is 0 Å². The van der Waals surface area contributed by atoms with Crippen LogP contribution in [-0.2, 0) is 24.5 Å². The fourth-order valence-corrected chi connectivity index (χ4v) is 5.30. The Morgan fingerprint density at radius 1 is 0.806 bits per heavy atom. The Balaban J connectivity index is 1.75. The monoisotopic (exact) mass is 443 g/mol. The van der Waals surface area contributed by atoms with Gasteiger partial charge >= 0.3 is 12.4 Å². The molecule has 2 unspecified atom stereocenters. The largest absolute Gasteiger partial charge is 0.416 e. The van der Waals surface area contributed by atoms with Gasteiger partial charge in [0.25, 0.3) is 0 Å². The molecule has 0 amide bonds. The average molecular weight is 443 g/mol. The summed E-state index contributed by atoms with van der Waals surface area (Å²) < 4.78 is 82.2. The summed E-state index contributed by atoms with van der Waals surface area (Å²) >= 11 is 0. The molecular formula is C23H23F6NO. The van der Waals surface area contributed by atoms with Gasteiger partial charge in [-0.15, -0.1) is 0 Å². The molecule has 168 valence electrons. The first kappa shape index (κ1) is 22.1. The molecule has 0 spiro atoms. The maximum atomic E-state index is 13.7. The number of nitrogens with zero attached hydrogens (tertiary/aromatic N) is 1. The maximum absolute atomic E-state index is 13.7. The number of piperidine rings is 2. The van der Waals surface area contributed by atoms with Crippen molar-refractivity contribution >= 4 is 0 Å². The molecule has 2 fully saturated rings. The predicted octanol–water partition coefficient (Wildman–Crippen LogP) is 6.13. The molecule has 2 aliphatic heterocycles. The molecule has 2 aromatic rings. The van der Waals surface area contributed by atoms with Gasteiger partial charge in [0, 0.05) is 24.2 Å². The van der Waals surface area contributed by atoms with Crippen molar-refractivity contribution in [3.05, 3.63) is 70.8 Å². The molecule has 4 rings (SSSR count). The molecule has 2 aromatic carbocycles. The Bertz CT molecular complexity index is 878. The van der Waals surface area contributed by atoms with E-state index >= 15 is 0 Å². The summed E-state index contributed by atoms with van der Waals surface area (Å²) in [6.45, 7) is 0.555. The van der Waals surface area contributed by atoms with E-state index in [9.17, 15) is 31.4 Å². The molecule has 2 atom stereocenters. The number of hydrogen-bond donors (Lipinski definition) is 1. The number of rotatable bonds is 3. The smallest absolute Gasteiger partial charge is 0.385 e. The van der Waals surface area contributed by atoms with Crippen molar-refractivity contribution in [2.75, 3.05) is 0 Å². The zero-order chi connectivity index (χ0) is 22.4. The molecule has 0 aliphatic carbocycles. The summed E-state index contributed by atoms with van der Waals surface area (Å²) in [5.74, 6) is 0. The van der Waals surface area contributed by atoms with Crippen LogP contribution in [0.2, 0.25) is 0 Å². The molecule has 0 radical (unpaired) electrons. The molecular weight excluding hydrogens is 420 g/mol. The number of aliphatic hydroxyl groups is 1. The van der Waals surface area contributed by atoms with Crippen molar-refractivity contribution in [3.63, 3.8) is 0 Å². The first-order valence-corrected chi connectivity index (χ1v) is 10.3. The minimum absolute atomic E-state index is 0.160. The quantitative estimate of drug-likeness (QED) is 0.577. The fourth-order valence-electron chi connectivity index (χ4n) is 5.30. The number of alkyl halides is 6. The molecule has 8 heteroatoms.